The summed E-state index contributed by atoms with van der Waals surface area (Å²) in [5, 5.41) is 3.37. The minimum Gasteiger partial charge on any atom is -0.349 e. The van der Waals surface area contributed by atoms with Gasteiger partial charge in [-0.05, 0) is 81.0 Å². The number of piperidine rings is 1. The first-order chi connectivity index (χ1) is 13.7. The summed E-state index contributed by atoms with van der Waals surface area (Å²) >= 11 is 0. The van der Waals surface area contributed by atoms with E-state index in [1.54, 1.807) is 0 Å². The average molecular weight is 385 g/mol. The second-order valence-electron chi connectivity index (χ2n) is 9.51. The third kappa shape index (κ3) is 4.01. The Labute approximate surface area is 172 Å². The van der Waals surface area contributed by atoms with Gasteiger partial charge in [0.1, 0.15) is 0 Å². The summed E-state index contributed by atoms with van der Waals surface area (Å²) in [6.45, 7) is 7.11. The van der Waals surface area contributed by atoms with Gasteiger partial charge in [0.15, 0.2) is 0 Å². The van der Waals surface area contributed by atoms with Gasteiger partial charge in [0.25, 0.3) is 0 Å². The van der Waals surface area contributed by atoms with Gasteiger partial charge in [0.2, 0.25) is 5.91 Å². The molecule has 1 saturated carbocycles. The number of fused-ring (bicyclic) bond motifs is 2. The summed E-state index contributed by atoms with van der Waals surface area (Å²) in [7, 11) is 0. The fourth-order valence-corrected chi connectivity index (χ4v) is 5.79. The summed E-state index contributed by atoms with van der Waals surface area (Å²) in [4.78, 5) is 15.2. The number of nitrogens with zero attached hydrogens (tertiary/aromatic N) is 1. The maximum Gasteiger partial charge on any atom is 0.223 e. The Hall–Kier alpha value is -1.35. The molecular weight excluding hydrogens is 344 g/mol. The molecule has 2 aliphatic carbocycles. The molecule has 3 heteroatoms. The highest BCUT2D eigenvalue weighted by Gasteiger charge is 2.43. The number of benzene rings is 1. The van der Waals surface area contributed by atoms with E-state index in [4.69, 9.17) is 0 Å². The molecule has 1 spiro atoms. The minimum atomic E-state index is 0. The Morgan fingerprint density at radius 2 is 1.79 bits per heavy atom. The molecule has 1 atom stereocenters. The van der Waals surface area contributed by atoms with Crippen molar-refractivity contribution in [2.24, 2.45) is 5.92 Å². The first-order valence-electron chi connectivity index (χ1n) is 11.8. The van der Waals surface area contributed by atoms with Crippen LogP contribution in [0.4, 0.5) is 0 Å². The quantitative estimate of drug-likeness (QED) is 0.664. The largest absolute Gasteiger partial charge is 0.349 e. The van der Waals surface area contributed by atoms with Crippen molar-refractivity contribution in [1.29, 1.82) is 0 Å². The van der Waals surface area contributed by atoms with E-state index in [1.807, 2.05) is 0 Å². The van der Waals surface area contributed by atoms with Crippen molar-refractivity contribution in [3.8, 4) is 0 Å². The molecular formula is C25H40N2O. The lowest BCUT2D eigenvalue weighted by Crippen LogP contribution is -2.49. The molecule has 1 amide bonds. The lowest BCUT2D eigenvalue weighted by atomic mass is 9.63. The first kappa shape index (κ1) is 19.9. The zero-order valence-corrected chi connectivity index (χ0v) is 17.9. The maximum absolute atomic E-state index is 12.4. The van der Waals surface area contributed by atoms with Crippen molar-refractivity contribution in [3.63, 3.8) is 0 Å². The highest BCUT2D eigenvalue weighted by molar-refractivity contribution is 5.81. The molecule has 4 rings (SSSR count). The molecule has 1 aromatic rings. The van der Waals surface area contributed by atoms with Crippen molar-refractivity contribution in [3.05, 3.63) is 35.4 Å². The highest BCUT2D eigenvalue weighted by atomic mass is 16.2. The SMILES string of the molecule is CCCC(CCC)N1CCC2(CC[C@H](NC(=O)C3CC3)c3ccccc32)CC1.[HH]. The monoisotopic (exact) mass is 384 g/mol. The fourth-order valence-electron chi connectivity index (χ4n) is 5.79. The Balaban J connectivity index is 0.00000240. The van der Waals surface area contributed by atoms with Crippen molar-refractivity contribution in [1.82, 2.24) is 10.2 Å². The second-order valence-corrected chi connectivity index (χ2v) is 9.51. The maximum atomic E-state index is 12.4. The summed E-state index contributed by atoms with van der Waals surface area (Å²) in [5.41, 5.74) is 3.26. The van der Waals surface area contributed by atoms with Gasteiger partial charge in [-0.25, -0.2) is 0 Å². The van der Waals surface area contributed by atoms with E-state index in [0.29, 0.717) is 11.3 Å². The zero-order chi connectivity index (χ0) is 19.6. The topological polar surface area (TPSA) is 32.3 Å². The van der Waals surface area contributed by atoms with Gasteiger partial charge in [-0.2, -0.15) is 0 Å². The van der Waals surface area contributed by atoms with Crippen molar-refractivity contribution in [2.75, 3.05) is 13.1 Å². The van der Waals surface area contributed by atoms with Gasteiger partial charge in [-0.15, -0.1) is 0 Å². The van der Waals surface area contributed by atoms with Crippen molar-refractivity contribution >= 4 is 5.91 Å². The van der Waals surface area contributed by atoms with Crippen LogP contribution in [0.25, 0.3) is 0 Å². The molecule has 156 valence electrons. The summed E-state index contributed by atoms with van der Waals surface area (Å²) in [5.74, 6) is 0.577. The van der Waals surface area contributed by atoms with E-state index in [9.17, 15) is 4.79 Å². The van der Waals surface area contributed by atoms with Crippen LogP contribution in [-0.2, 0) is 10.2 Å². The average Bonchev–Trinajstić information content (AvgIpc) is 3.56. The van der Waals surface area contributed by atoms with Crippen LogP contribution >= 0.6 is 0 Å². The van der Waals surface area contributed by atoms with E-state index >= 15 is 0 Å². The third-order valence-corrected chi connectivity index (χ3v) is 7.60. The second kappa shape index (κ2) is 8.57. The number of amides is 1. The Kier molecular flexibility index (Phi) is 6.10. The molecule has 1 N–H and O–H groups in total. The molecule has 2 fully saturated rings. The van der Waals surface area contributed by atoms with Gasteiger partial charge in [0, 0.05) is 13.4 Å². The van der Waals surface area contributed by atoms with Crippen LogP contribution in [0.2, 0.25) is 0 Å². The molecule has 0 radical (unpaired) electrons. The van der Waals surface area contributed by atoms with Crippen molar-refractivity contribution in [2.45, 2.75) is 95.6 Å². The molecule has 0 bridgehead atoms. The number of nitrogens with one attached hydrogen (secondary N) is 1. The number of rotatable bonds is 7. The van der Waals surface area contributed by atoms with Gasteiger partial charge in [-0.3, -0.25) is 4.79 Å². The molecule has 1 aliphatic heterocycles. The number of carbonyl (C=O) groups is 1. The van der Waals surface area contributed by atoms with Crippen LogP contribution in [0.3, 0.4) is 0 Å². The standard InChI is InChI=1S/C25H38N2O.H2/c1-3-7-20(8-4-2)27-17-15-25(16-18-27)14-13-23(26-24(28)19-11-12-19)21-9-5-6-10-22(21)25;/h5-6,9-10,19-20,23H,3-4,7-8,11-18H2,1-2H3,(H,26,28);1H/t23-;/m0./s1. The molecule has 3 nitrogen and oxygen atoms in total. The molecule has 0 aromatic heterocycles. The lowest BCUT2D eigenvalue weighted by molar-refractivity contribution is -0.123. The van der Waals surface area contributed by atoms with Crippen LogP contribution < -0.4 is 5.32 Å². The smallest absolute Gasteiger partial charge is 0.223 e. The van der Waals surface area contributed by atoms with E-state index in [2.05, 4.69) is 48.3 Å². The normalized spacial score (nSPS) is 24.3. The van der Waals surface area contributed by atoms with Crippen LogP contribution in [0.15, 0.2) is 24.3 Å². The molecule has 1 heterocycles. The Morgan fingerprint density at radius 3 is 2.43 bits per heavy atom. The number of hydrogen-bond donors (Lipinski definition) is 1. The number of likely N-dealkylation sites (tertiary alicyclic amines) is 1. The highest BCUT2D eigenvalue weighted by Crippen LogP contribution is 2.48. The van der Waals surface area contributed by atoms with Crippen LogP contribution in [0.5, 0.6) is 0 Å². The number of hydrogen-bond acceptors (Lipinski definition) is 2. The van der Waals surface area contributed by atoms with Gasteiger partial charge < -0.3 is 10.2 Å². The first-order valence-corrected chi connectivity index (χ1v) is 11.8. The predicted octanol–water partition coefficient (Wildman–Crippen LogP) is 5.60. The molecule has 3 aliphatic rings. The summed E-state index contributed by atoms with van der Waals surface area (Å²) in [6, 6.07) is 9.99. The van der Waals surface area contributed by atoms with E-state index in [0.717, 1.165) is 25.3 Å². The predicted molar refractivity (Wildman–Crippen MR) is 117 cm³/mol. The van der Waals surface area contributed by atoms with Gasteiger partial charge in [0.05, 0.1) is 6.04 Å². The van der Waals surface area contributed by atoms with Gasteiger partial charge in [-0.1, -0.05) is 51.0 Å². The van der Waals surface area contributed by atoms with Gasteiger partial charge >= 0.3 is 0 Å². The van der Waals surface area contributed by atoms with E-state index in [1.165, 1.54) is 69.2 Å². The molecule has 1 aromatic carbocycles. The van der Waals surface area contributed by atoms with Crippen LogP contribution in [0, 0.1) is 5.92 Å². The third-order valence-electron chi connectivity index (χ3n) is 7.60. The summed E-state index contributed by atoms with van der Waals surface area (Å²) in [6.07, 6.45) is 12.3. The van der Waals surface area contributed by atoms with E-state index in [-0.39, 0.29) is 13.4 Å². The Bertz CT molecular complexity index is 673. The minimum absolute atomic E-state index is 0. The zero-order valence-electron chi connectivity index (χ0n) is 17.9. The fraction of sp³-hybridized carbons (Fsp3) is 0.720. The van der Waals surface area contributed by atoms with Crippen LogP contribution in [0.1, 0.15) is 96.7 Å². The molecule has 28 heavy (non-hydrogen) atoms. The Morgan fingerprint density at radius 1 is 1.11 bits per heavy atom. The molecule has 1 saturated heterocycles. The lowest BCUT2D eigenvalue weighted by Gasteiger charge is -2.49. The van der Waals surface area contributed by atoms with E-state index < -0.39 is 0 Å². The number of carbonyl (C=O) groups excluding carboxylic acids is 1. The molecule has 0 unspecified atom stereocenters. The summed E-state index contributed by atoms with van der Waals surface area (Å²) < 4.78 is 0. The van der Waals surface area contributed by atoms with Crippen LogP contribution in [-0.4, -0.2) is 29.9 Å². The van der Waals surface area contributed by atoms with Crippen molar-refractivity contribution < 1.29 is 6.22 Å².